The Balaban J connectivity index is 1.90. The van der Waals surface area contributed by atoms with Crippen LogP contribution in [0.2, 0.25) is 0 Å². The minimum Gasteiger partial charge on any atom is -0.365 e. The molecule has 0 aliphatic rings. The molecule has 0 aliphatic heterocycles. The Labute approximate surface area is 112 Å². The molecule has 100 valence electrons. The third kappa shape index (κ3) is 2.19. The summed E-state index contributed by atoms with van der Waals surface area (Å²) in [6, 6.07) is 7.32. The van der Waals surface area contributed by atoms with Crippen molar-refractivity contribution < 1.29 is 4.79 Å². The number of tetrazole rings is 1. The number of carbonyl (C=O) groups is 1. The summed E-state index contributed by atoms with van der Waals surface area (Å²) < 4.78 is 0. The van der Waals surface area contributed by atoms with Gasteiger partial charge in [-0.25, -0.2) is 0 Å². The summed E-state index contributed by atoms with van der Waals surface area (Å²) in [6.45, 7) is 0. The van der Waals surface area contributed by atoms with Gasteiger partial charge < -0.3 is 11.1 Å². The monoisotopic (exact) mass is 270 g/mol. The van der Waals surface area contributed by atoms with Crippen LogP contribution in [-0.4, -0.2) is 36.7 Å². The SMILES string of the molecule is NC(=O)c1cn[nH]c1Nc1cccc(-c2nn[nH]n2)c1. The van der Waals surface area contributed by atoms with E-state index in [1.807, 2.05) is 24.3 Å². The lowest BCUT2D eigenvalue weighted by Gasteiger charge is -2.06. The summed E-state index contributed by atoms with van der Waals surface area (Å²) in [5.41, 5.74) is 7.05. The molecule has 9 heteroatoms. The number of primary amides is 1. The molecule has 0 saturated carbocycles. The van der Waals surface area contributed by atoms with Crippen LogP contribution in [0.4, 0.5) is 11.5 Å². The van der Waals surface area contributed by atoms with E-state index in [2.05, 4.69) is 36.1 Å². The van der Waals surface area contributed by atoms with E-state index >= 15 is 0 Å². The van der Waals surface area contributed by atoms with Gasteiger partial charge >= 0.3 is 0 Å². The maximum Gasteiger partial charge on any atom is 0.254 e. The predicted molar refractivity (Wildman–Crippen MR) is 70.0 cm³/mol. The zero-order valence-electron chi connectivity index (χ0n) is 10.2. The summed E-state index contributed by atoms with van der Waals surface area (Å²) >= 11 is 0. The van der Waals surface area contributed by atoms with Gasteiger partial charge in [0, 0.05) is 11.3 Å². The van der Waals surface area contributed by atoms with E-state index in [1.165, 1.54) is 6.20 Å². The first-order valence-electron chi connectivity index (χ1n) is 5.68. The molecule has 0 fully saturated rings. The molecule has 3 rings (SSSR count). The van der Waals surface area contributed by atoms with E-state index < -0.39 is 5.91 Å². The Hall–Kier alpha value is -3.23. The number of H-pyrrole nitrogens is 2. The Morgan fingerprint density at radius 1 is 1.35 bits per heavy atom. The number of nitrogens with zero attached hydrogens (tertiary/aromatic N) is 4. The van der Waals surface area contributed by atoms with Crippen LogP contribution in [0.1, 0.15) is 10.4 Å². The van der Waals surface area contributed by atoms with Crippen LogP contribution in [0.25, 0.3) is 11.4 Å². The smallest absolute Gasteiger partial charge is 0.254 e. The molecule has 0 bridgehead atoms. The molecular formula is C11H10N8O. The number of anilines is 2. The molecule has 9 nitrogen and oxygen atoms in total. The molecule has 5 N–H and O–H groups in total. The van der Waals surface area contributed by atoms with Crippen molar-refractivity contribution in [3.63, 3.8) is 0 Å². The molecule has 2 heterocycles. The number of hydrogen-bond donors (Lipinski definition) is 4. The highest BCUT2D eigenvalue weighted by Crippen LogP contribution is 2.22. The number of carbonyl (C=O) groups excluding carboxylic acids is 1. The van der Waals surface area contributed by atoms with Gasteiger partial charge in [0.25, 0.3) is 5.91 Å². The number of rotatable bonds is 4. The average molecular weight is 270 g/mol. The van der Waals surface area contributed by atoms with E-state index in [1.54, 1.807) is 0 Å². The first kappa shape index (κ1) is 11.8. The first-order valence-corrected chi connectivity index (χ1v) is 5.68. The van der Waals surface area contributed by atoms with E-state index in [4.69, 9.17) is 5.73 Å². The van der Waals surface area contributed by atoms with Crippen LogP contribution < -0.4 is 11.1 Å². The van der Waals surface area contributed by atoms with Gasteiger partial charge in [0.1, 0.15) is 11.4 Å². The third-order valence-electron chi connectivity index (χ3n) is 2.64. The first-order chi connectivity index (χ1) is 9.74. The fraction of sp³-hybridized carbons (Fsp3) is 0. The van der Waals surface area contributed by atoms with Crippen molar-refractivity contribution in [2.24, 2.45) is 5.73 Å². The molecular weight excluding hydrogens is 260 g/mol. The van der Waals surface area contributed by atoms with E-state index in [0.717, 1.165) is 11.3 Å². The standard InChI is InChI=1S/C11H10N8O/c12-9(20)8-5-13-15-11(8)14-7-3-1-2-6(4-7)10-16-18-19-17-10/h1-5H,(H2,12,20)(H2,13,14,15)(H,16,17,18,19). The number of amides is 1. The molecule has 1 amide bonds. The van der Waals surface area contributed by atoms with Crippen LogP contribution in [-0.2, 0) is 0 Å². The molecule has 3 aromatic rings. The van der Waals surface area contributed by atoms with Crippen molar-refractivity contribution in [3.05, 3.63) is 36.0 Å². The van der Waals surface area contributed by atoms with Crippen LogP contribution in [0.3, 0.4) is 0 Å². The minimum atomic E-state index is -0.560. The zero-order chi connectivity index (χ0) is 13.9. The van der Waals surface area contributed by atoms with Crippen molar-refractivity contribution in [2.75, 3.05) is 5.32 Å². The average Bonchev–Trinajstić information content (AvgIpc) is 3.10. The predicted octanol–water partition coefficient (Wildman–Crippen LogP) is 0.432. The van der Waals surface area contributed by atoms with E-state index in [9.17, 15) is 4.79 Å². The highest BCUT2D eigenvalue weighted by atomic mass is 16.1. The van der Waals surface area contributed by atoms with Gasteiger partial charge in [0.2, 0.25) is 5.82 Å². The minimum absolute atomic E-state index is 0.287. The van der Waals surface area contributed by atoms with Gasteiger partial charge in [0.15, 0.2) is 0 Å². The van der Waals surface area contributed by atoms with E-state index in [0.29, 0.717) is 11.6 Å². The quantitative estimate of drug-likeness (QED) is 0.542. The summed E-state index contributed by atoms with van der Waals surface area (Å²) in [4.78, 5) is 11.2. The van der Waals surface area contributed by atoms with Gasteiger partial charge in [-0.3, -0.25) is 9.89 Å². The maximum absolute atomic E-state index is 11.2. The fourth-order valence-electron chi connectivity index (χ4n) is 1.73. The van der Waals surface area contributed by atoms with Gasteiger partial charge in [0.05, 0.1) is 6.20 Å². The molecule has 1 aromatic carbocycles. The summed E-state index contributed by atoms with van der Waals surface area (Å²) in [5.74, 6) is 0.353. The highest BCUT2D eigenvalue weighted by molar-refractivity contribution is 5.98. The second-order valence-corrected chi connectivity index (χ2v) is 3.96. The molecule has 0 aliphatic carbocycles. The molecule has 0 saturated heterocycles. The fourth-order valence-corrected chi connectivity index (χ4v) is 1.73. The number of benzene rings is 1. The Kier molecular flexibility index (Phi) is 2.84. The topological polar surface area (TPSA) is 138 Å². The van der Waals surface area contributed by atoms with Crippen molar-refractivity contribution in [2.45, 2.75) is 0 Å². The van der Waals surface area contributed by atoms with E-state index in [-0.39, 0.29) is 5.56 Å². The molecule has 0 atom stereocenters. The van der Waals surface area contributed by atoms with Crippen LogP contribution in [0, 0.1) is 0 Å². The maximum atomic E-state index is 11.2. The Bertz CT molecular complexity index is 732. The van der Waals surface area contributed by atoms with Crippen molar-refractivity contribution >= 4 is 17.4 Å². The second kappa shape index (κ2) is 4.80. The van der Waals surface area contributed by atoms with Crippen LogP contribution in [0.15, 0.2) is 30.5 Å². The zero-order valence-corrected chi connectivity index (χ0v) is 10.2. The third-order valence-corrected chi connectivity index (χ3v) is 2.64. The number of nitrogens with two attached hydrogens (primary N) is 1. The lowest BCUT2D eigenvalue weighted by Crippen LogP contribution is -2.11. The summed E-state index contributed by atoms with van der Waals surface area (Å²) in [7, 11) is 0. The Morgan fingerprint density at radius 3 is 3.00 bits per heavy atom. The number of hydrogen-bond acceptors (Lipinski definition) is 6. The molecule has 0 spiro atoms. The second-order valence-electron chi connectivity index (χ2n) is 3.96. The van der Waals surface area contributed by atoms with Crippen LogP contribution in [0.5, 0.6) is 0 Å². The Morgan fingerprint density at radius 2 is 2.25 bits per heavy atom. The lowest BCUT2D eigenvalue weighted by molar-refractivity contribution is 0.100. The summed E-state index contributed by atoms with van der Waals surface area (Å²) in [5, 5.41) is 23.2. The van der Waals surface area contributed by atoms with Gasteiger partial charge in [-0.05, 0) is 17.3 Å². The summed E-state index contributed by atoms with van der Waals surface area (Å²) in [6.07, 6.45) is 1.37. The van der Waals surface area contributed by atoms with Crippen molar-refractivity contribution in [3.8, 4) is 11.4 Å². The van der Waals surface area contributed by atoms with Gasteiger partial charge in [-0.1, -0.05) is 12.1 Å². The molecule has 20 heavy (non-hydrogen) atoms. The lowest BCUT2D eigenvalue weighted by atomic mass is 10.2. The van der Waals surface area contributed by atoms with Crippen molar-refractivity contribution in [1.82, 2.24) is 30.8 Å². The van der Waals surface area contributed by atoms with Crippen molar-refractivity contribution in [1.29, 1.82) is 0 Å². The van der Waals surface area contributed by atoms with Crippen LogP contribution >= 0.6 is 0 Å². The molecule has 0 unspecified atom stereocenters. The number of nitrogens with one attached hydrogen (secondary N) is 3. The van der Waals surface area contributed by atoms with Gasteiger partial charge in [-0.2, -0.15) is 10.3 Å². The highest BCUT2D eigenvalue weighted by Gasteiger charge is 2.11. The normalized spacial score (nSPS) is 10.4. The molecule has 0 radical (unpaired) electrons. The number of aromatic nitrogens is 6. The number of aromatic amines is 2. The largest absolute Gasteiger partial charge is 0.365 e. The molecule has 2 aromatic heterocycles. The van der Waals surface area contributed by atoms with Gasteiger partial charge in [-0.15, -0.1) is 10.2 Å².